The molecule has 0 spiro atoms. The number of amides is 1. The van der Waals surface area contributed by atoms with Crippen molar-refractivity contribution in [1.82, 2.24) is 15.5 Å². The highest BCUT2D eigenvalue weighted by Gasteiger charge is 2.36. The van der Waals surface area contributed by atoms with E-state index in [2.05, 4.69) is 22.4 Å². The molecule has 0 saturated carbocycles. The highest BCUT2D eigenvalue weighted by Crippen LogP contribution is 2.36. The van der Waals surface area contributed by atoms with E-state index in [4.69, 9.17) is 9.26 Å². The van der Waals surface area contributed by atoms with Crippen LogP contribution in [0, 0.1) is 6.92 Å². The fraction of sp³-hybridized carbons (Fsp3) is 0.500. The van der Waals surface area contributed by atoms with Gasteiger partial charge in [0.15, 0.2) is 5.82 Å². The van der Waals surface area contributed by atoms with Crippen LogP contribution in [0.15, 0.2) is 22.7 Å². The van der Waals surface area contributed by atoms with E-state index in [1.54, 1.807) is 12.0 Å². The second-order valence-corrected chi connectivity index (χ2v) is 6.52. The minimum Gasteiger partial charge on any atom is -0.495 e. The van der Waals surface area contributed by atoms with Gasteiger partial charge in [0.1, 0.15) is 5.75 Å². The average Bonchev–Trinajstić information content (AvgIpc) is 3.21. The number of benzene rings is 1. The SMILES string of the molecule is CNC(C)Cc1noc(C2CC(=O)N(c3cc(C)ccc3OC)C2)n1. The monoisotopic (exact) mass is 344 g/mol. The summed E-state index contributed by atoms with van der Waals surface area (Å²) < 4.78 is 10.8. The van der Waals surface area contributed by atoms with Crippen molar-refractivity contribution < 1.29 is 14.1 Å². The van der Waals surface area contributed by atoms with Crippen LogP contribution < -0.4 is 15.0 Å². The van der Waals surface area contributed by atoms with Gasteiger partial charge in [0.2, 0.25) is 11.8 Å². The number of carbonyl (C=O) groups excluding carboxylic acids is 1. The molecule has 2 heterocycles. The summed E-state index contributed by atoms with van der Waals surface area (Å²) in [5.41, 5.74) is 1.87. The summed E-state index contributed by atoms with van der Waals surface area (Å²) in [6.07, 6.45) is 1.05. The third kappa shape index (κ3) is 3.66. The molecule has 1 saturated heterocycles. The number of anilines is 1. The number of nitrogens with zero attached hydrogens (tertiary/aromatic N) is 3. The van der Waals surface area contributed by atoms with Gasteiger partial charge < -0.3 is 19.5 Å². The van der Waals surface area contributed by atoms with Gasteiger partial charge in [-0.1, -0.05) is 11.2 Å². The topological polar surface area (TPSA) is 80.5 Å². The van der Waals surface area contributed by atoms with Gasteiger partial charge >= 0.3 is 0 Å². The molecule has 0 aliphatic carbocycles. The highest BCUT2D eigenvalue weighted by atomic mass is 16.5. The molecule has 1 aliphatic heterocycles. The lowest BCUT2D eigenvalue weighted by Crippen LogP contribution is -2.25. The number of carbonyl (C=O) groups is 1. The molecule has 1 amide bonds. The van der Waals surface area contributed by atoms with E-state index < -0.39 is 0 Å². The lowest BCUT2D eigenvalue weighted by Gasteiger charge is -2.19. The van der Waals surface area contributed by atoms with Crippen LogP contribution in [0.25, 0.3) is 0 Å². The molecule has 0 radical (unpaired) electrons. The van der Waals surface area contributed by atoms with Crippen LogP contribution >= 0.6 is 0 Å². The summed E-state index contributed by atoms with van der Waals surface area (Å²) in [5.74, 6) is 1.83. The predicted molar refractivity (Wildman–Crippen MR) is 94.0 cm³/mol. The number of hydrogen-bond donors (Lipinski definition) is 1. The van der Waals surface area contributed by atoms with Gasteiger partial charge in [-0.25, -0.2) is 0 Å². The van der Waals surface area contributed by atoms with Gasteiger partial charge in [-0.3, -0.25) is 4.79 Å². The Morgan fingerprint density at radius 2 is 2.28 bits per heavy atom. The molecule has 2 aromatic rings. The largest absolute Gasteiger partial charge is 0.495 e. The molecule has 0 bridgehead atoms. The Morgan fingerprint density at radius 3 is 3.00 bits per heavy atom. The number of methoxy groups -OCH3 is 1. The van der Waals surface area contributed by atoms with E-state index in [0.717, 1.165) is 11.3 Å². The van der Waals surface area contributed by atoms with Crippen molar-refractivity contribution in [2.45, 2.75) is 38.6 Å². The van der Waals surface area contributed by atoms with Crippen LogP contribution in [0.4, 0.5) is 5.69 Å². The Bertz CT molecular complexity index is 759. The number of nitrogens with one attached hydrogen (secondary N) is 1. The number of aromatic nitrogens is 2. The summed E-state index contributed by atoms with van der Waals surface area (Å²) in [4.78, 5) is 18.8. The number of hydrogen-bond acceptors (Lipinski definition) is 6. The first-order chi connectivity index (χ1) is 12.0. The quantitative estimate of drug-likeness (QED) is 0.864. The fourth-order valence-corrected chi connectivity index (χ4v) is 3.01. The maximum absolute atomic E-state index is 12.5. The first kappa shape index (κ1) is 17.4. The van der Waals surface area contributed by atoms with Crippen molar-refractivity contribution in [1.29, 1.82) is 0 Å². The molecule has 25 heavy (non-hydrogen) atoms. The molecule has 1 aromatic heterocycles. The summed E-state index contributed by atoms with van der Waals surface area (Å²) in [5, 5.41) is 7.19. The predicted octanol–water partition coefficient (Wildman–Crippen LogP) is 2.06. The van der Waals surface area contributed by atoms with Gasteiger partial charge in [0.05, 0.1) is 18.7 Å². The normalized spacial score (nSPS) is 18.6. The zero-order chi connectivity index (χ0) is 18.0. The molecule has 7 heteroatoms. The Kier molecular flexibility index (Phi) is 5.03. The summed E-state index contributed by atoms with van der Waals surface area (Å²) >= 11 is 0. The number of aryl methyl sites for hydroxylation is 1. The molecule has 7 nitrogen and oxygen atoms in total. The van der Waals surface area contributed by atoms with E-state index in [0.29, 0.717) is 36.9 Å². The minimum atomic E-state index is -0.0936. The third-order valence-corrected chi connectivity index (χ3v) is 4.56. The van der Waals surface area contributed by atoms with Crippen molar-refractivity contribution in [3.8, 4) is 5.75 Å². The molecule has 1 fully saturated rings. The Hall–Kier alpha value is -2.41. The maximum Gasteiger partial charge on any atom is 0.232 e. The van der Waals surface area contributed by atoms with E-state index in [-0.39, 0.29) is 17.9 Å². The fourth-order valence-electron chi connectivity index (χ4n) is 3.01. The van der Waals surface area contributed by atoms with Gasteiger partial charge in [-0.2, -0.15) is 4.98 Å². The Morgan fingerprint density at radius 1 is 1.48 bits per heavy atom. The Balaban J connectivity index is 1.78. The Labute approximate surface area is 147 Å². The molecule has 1 aromatic carbocycles. The number of likely N-dealkylation sites (N-methyl/N-ethyl adjacent to an activating group) is 1. The molecular weight excluding hydrogens is 320 g/mol. The van der Waals surface area contributed by atoms with Crippen LogP contribution in [0.3, 0.4) is 0 Å². The highest BCUT2D eigenvalue weighted by molar-refractivity contribution is 5.97. The second-order valence-electron chi connectivity index (χ2n) is 6.52. The first-order valence-corrected chi connectivity index (χ1v) is 8.46. The first-order valence-electron chi connectivity index (χ1n) is 8.46. The van der Waals surface area contributed by atoms with Crippen molar-refractivity contribution in [3.63, 3.8) is 0 Å². The summed E-state index contributed by atoms with van der Waals surface area (Å²) in [7, 11) is 3.51. The van der Waals surface area contributed by atoms with Gasteiger partial charge in [-0.15, -0.1) is 0 Å². The number of ether oxygens (including phenoxy) is 1. The lowest BCUT2D eigenvalue weighted by molar-refractivity contribution is -0.117. The van der Waals surface area contributed by atoms with Gasteiger partial charge in [0.25, 0.3) is 0 Å². The standard InChI is InChI=1S/C18H24N4O3/c1-11-5-6-15(24-4)14(7-11)22-10-13(9-17(22)23)18-20-16(21-25-18)8-12(2)19-3/h5-7,12-13,19H,8-10H2,1-4H3. The second kappa shape index (κ2) is 7.23. The van der Waals surface area contributed by atoms with Crippen molar-refractivity contribution in [2.75, 3.05) is 25.6 Å². The zero-order valence-corrected chi connectivity index (χ0v) is 15.1. The molecule has 2 atom stereocenters. The van der Waals surface area contributed by atoms with E-state index in [1.807, 2.05) is 32.2 Å². The van der Waals surface area contributed by atoms with Crippen molar-refractivity contribution in [3.05, 3.63) is 35.5 Å². The average molecular weight is 344 g/mol. The third-order valence-electron chi connectivity index (χ3n) is 4.56. The van der Waals surface area contributed by atoms with E-state index in [1.165, 1.54) is 0 Å². The molecule has 3 rings (SSSR count). The molecule has 1 aliphatic rings. The minimum absolute atomic E-state index is 0.0391. The van der Waals surface area contributed by atoms with Crippen LogP contribution in [0.5, 0.6) is 5.75 Å². The van der Waals surface area contributed by atoms with E-state index in [9.17, 15) is 4.79 Å². The van der Waals surface area contributed by atoms with Crippen LogP contribution in [-0.4, -0.2) is 42.8 Å². The van der Waals surface area contributed by atoms with Crippen LogP contribution in [-0.2, 0) is 11.2 Å². The zero-order valence-electron chi connectivity index (χ0n) is 15.1. The van der Waals surface area contributed by atoms with Crippen LogP contribution in [0.2, 0.25) is 0 Å². The lowest BCUT2D eigenvalue weighted by atomic mass is 10.1. The van der Waals surface area contributed by atoms with Crippen molar-refractivity contribution in [2.24, 2.45) is 0 Å². The molecule has 1 N–H and O–H groups in total. The van der Waals surface area contributed by atoms with Crippen molar-refractivity contribution >= 4 is 11.6 Å². The molecule has 2 unspecified atom stereocenters. The molecule has 134 valence electrons. The van der Waals surface area contributed by atoms with Crippen LogP contribution in [0.1, 0.15) is 36.5 Å². The summed E-state index contributed by atoms with van der Waals surface area (Å²) in [6, 6.07) is 6.08. The van der Waals surface area contributed by atoms with Gasteiger partial charge in [0, 0.05) is 25.4 Å². The number of rotatable bonds is 6. The smallest absolute Gasteiger partial charge is 0.232 e. The maximum atomic E-state index is 12.5. The molecular formula is C18H24N4O3. The van der Waals surface area contributed by atoms with E-state index >= 15 is 0 Å². The van der Waals surface area contributed by atoms with Gasteiger partial charge in [-0.05, 0) is 38.6 Å². The summed E-state index contributed by atoms with van der Waals surface area (Å²) in [6.45, 7) is 4.57.